The molecule has 0 saturated heterocycles. The number of nitrogens with one attached hydrogen (secondary N) is 2. The van der Waals surface area contributed by atoms with Gasteiger partial charge >= 0.3 is 0 Å². The first kappa shape index (κ1) is 13.1. The fraction of sp³-hybridized carbons (Fsp3) is 0.231. The van der Waals surface area contributed by atoms with Crippen molar-refractivity contribution in [2.75, 3.05) is 5.32 Å². The zero-order valence-corrected chi connectivity index (χ0v) is 12.2. The van der Waals surface area contributed by atoms with E-state index >= 15 is 0 Å². The smallest absolute Gasteiger partial charge is 0.266 e. The number of hydrogen-bond acceptors (Lipinski definition) is 3. The zero-order chi connectivity index (χ0) is 13.0. The number of rotatable bonds is 4. The molecule has 2 rings (SSSR count). The molecule has 0 spiro atoms. The minimum Gasteiger partial charge on any atom is -0.339 e. The molecule has 0 aliphatic carbocycles. The van der Waals surface area contributed by atoms with Crippen LogP contribution in [-0.4, -0.2) is 9.97 Å². The molecule has 94 valence electrons. The van der Waals surface area contributed by atoms with Crippen LogP contribution in [0.15, 0.2) is 35.4 Å². The summed E-state index contributed by atoms with van der Waals surface area (Å²) in [6.07, 6.45) is 3.50. The molecule has 0 bridgehead atoms. The summed E-state index contributed by atoms with van der Waals surface area (Å²) in [6, 6.07) is 8.09. The van der Waals surface area contributed by atoms with E-state index < -0.39 is 0 Å². The molecule has 0 aliphatic rings. The Morgan fingerprint density at radius 3 is 2.94 bits per heavy atom. The van der Waals surface area contributed by atoms with Crippen LogP contribution < -0.4 is 10.9 Å². The van der Waals surface area contributed by atoms with Gasteiger partial charge in [-0.1, -0.05) is 31.5 Å². The number of aromatic nitrogens is 2. The van der Waals surface area contributed by atoms with Crippen molar-refractivity contribution in [3.05, 3.63) is 50.1 Å². The molecule has 0 saturated carbocycles. The maximum Gasteiger partial charge on any atom is 0.266 e. The lowest BCUT2D eigenvalue weighted by atomic mass is 10.1. The molecule has 18 heavy (non-hydrogen) atoms. The van der Waals surface area contributed by atoms with Crippen molar-refractivity contribution >= 4 is 34.1 Å². The third-order valence-electron chi connectivity index (χ3n) is 2.59. The van der Waals surface area contributed by atoms with Gasteiger partial charge in [-0.3, -0.25) is 4.79 Å². The van der Waals surface area contributed by atoms with Gasteiger partial charge < -0.3 is 10.3 Å². The molecule has 4 nitrogen and oxygen atoms in total. The number of aryl methyl sites for hydroxylation is 1. The molecular weight excluding hydrogens is 341 g/mol. The Kier molecular flexibility index (Phi) is 4.35. The lowest BCUT2D eigenvalue weighted by Crippen LogP contribution is -2.13. The second-order valence-corrected chi connectivity index (χ2v) is 5.01. The minimum atomic E-state index is -0.124. The van der Waals surface area contributed by atoms with Crippen LogP contribution in [0.2, 0.25) is 0 Å². The number of anilines is 2. The van der Waals surface area contributed by atoms with Gasteiger partial charge in [0.1, 0.15) is 3.57 Å². The molecule has 0 fully saturated rings. The highest BCUT2D eigenvalue weighted by Crippen LogP contribution is 2.22. The molecular formula is C13H14IN3O. The van der Waals surface area contributed by atoms with Gasteiger partial charge in [0.25, 0.3) is 5.56 Å². The number of para-hydroxylation sites is 1. The summed E-state index contributed by atoms with van der Waals surface area (Å²) in [5.41, 5.74) is 2.12. The highest BCUT2D eigenvalue weighted by atomic mass is 127. The topological polar surface area (TPSA) is 57.8 Å². The Balaban J connectivity index is 2.34. The number of halogens is 1. The molecule has 1 heterocycles. The van der Waals surface area contributed by atoms with Crippen LogP contribution in [0.25, 0.3) is 0 Å². The van der Waals surface area contributed by atoms with Gasteiger partial charge in [-0.05, 0) is 40.6 Å². The third-order valence-corrected chi connectivity index (χ3v) is 3.59. The predicted molar refractivity (Wildman–Crippen MR) is 81.3 cm³/mol. The second kappa shape index (κ2) is 5.99. The fourth-order valence-corrected chi connectivity index (χ4v) is 2.16. The van der Waals surface area contributed by atoms with Gasteiger partial charge in [-0.2, -0.15) is 0 Å². The van der Waals surface area contributed by atoms with E-state index in [2.05, 4.69) is 28.3 Å². The van der Waals surface area contributed by atoms with Crippen molar-refractivity contribution in [1.29, 1.82) is 0 Å². The summed E-state index contributed by atoms with van der Waals surface area (Å²) in [5, 5.41) is 3.23. The Morgan fingerprint density at radius 1 is 1.39 bits per heavy atom. The normalized spacial score (nSPS) is 10.3. The van der Waals surface area contributed by atoms with Crippen LogP contribution >= 0.6 is 22.6 Å². The van der Waals surface area contributed by atoms with Crippen LogP contribution in [-0.2, 0) is 6.42 Å². The molecule has 1 aromatic carbocycles. The van der Waals surface area contributed by atoms with Gasteiger partial charge in [0.15, 0.2) is 5.82 Å². The van der Waals surface area contributed by atoms with E-state index in [4.69, 9.17) is 0 Å². The van der Waals surface area contributed by atoms with Gasteiger partial charge in [0, 0.05) is 5.69 Å². The zero-order valence-electron chi connectivity index (χ0n) is 10.0. The molecule has 0 amide bonds. The van der Waals surface area contributed by atoms with Crippen LogP contribution in [0, 0.1) is 3.57 Å². The van der Waals surface area contributed by atoms with E-state index in [0.717, 1.165) is 18.5 Å². The fourth-order valence-electron chi connectivity index (χ4n) is 1.73. The van der Waals surface area contributed by atoms with Gasteiger partial charge in [-0.15, -0.1) is 0 Å². The number of benzene rings is 1. The van der Waals surface area contributed by atoms with Crippen LogP contribution in [0.4, 0.5) is 11.5 Å². The summed E-state index contributed by atoms with van der Waals surface area (Å²) in [4.78, 5) is 18.2. The van der Waals surface area contributed by atoms with E-state index in [9.17, 15) is 4.79 Å². The highest BCUT2D eigenvalue weighted by molar-refractivity contribution is 14.1. The van der Waals surface area contributed by atoms with Crippen molar-refractivity contribution < 1.29 is 0 Å². The predicted octanol–water partition coefficient (Wildman–Crippen LogP) is 3.07. The Hall–Kier alpha value is -1.37. The molecule has 2 N–H and O–H groups in total. The second-order valence-electron chi connectivity index (χ2n) is 3.93. The summed E-state index contributed by atoms with van der Waals surface area (Å²) in [5.74, 6) is 0.600. The number of nitrogens with zero attached hydrogens (tertiary/aromatic N) is 1. The molecule has 0 atom stereocenters. The number of hydrogen-bond donors (Lipinski definition) is 2. The summed E-state index contributed by atoms with van der Waals surface area (Å²) >= 11 is 2.00. The molecule has 5 heteroatoms. The van der Waals surface area contributed by atoms with E-state index in [1.807, 2.05) is 40.8 Å². The number of aromatic amines is 1. The van der Waals surface area contributed by atoms with E-state index in [1.165, 1.54) is 11.9 Å². The first-order chi connectivity index (χ1) is 8.72. The van der Waals surface area contributed by atoms with E-state index in [1.54, 1.807) is 0 Å². The lowest BCUT2D eigenvalue weighted by Gasteiger charge is -2.11. The SMILES string of the molecule is CCCc1ccccc1Nc1nc[nH]c(=O)c1I. The maximum atomic E-state index is 11.5. The Morgan fingerprint density at radius 2 is 2.17 bits per heavy atom. The molecule has 1 aromatic heterocycles. The molecule has 0 unspecified atom stereocenters. The van der Waals surface area contributed by atoms with Crippen LogP contribution in [0.1, 0.15) is 18.9 Å². The van der Waals surface area contributed by atoms with Crippen molar-refractivity contribution in [1.82, 2.24) is 9.97 Å². The summed E-state index contributed by atoms with van der Waals surface area (Å²) in [6.45, 7) is 2.14. The minimum absolute atomic E-state index is 0.124. The van der Waals surface area contributed by atoms with Gasteiger partial charge in [0.05, 0.1) is 6.33 Å². The maximum absolute atomic E-state index is 11.5. The summed E-state index contributed by atoms with van der Waals surface area (Å²) in [7, 11) is 0. The molecule has 2 aromatic rings. The standard InChI is InChI=1S/C13H14IN3O/c1-2-5-9-6-3-4-7-10(9)17-12-11(14)13(18)16-8-15-12/h3-4,6-8H,2,5H2,1H3,(H2,15,16,17,18). The van der Waals surface area contributed by atoms with Crippen molar-refractivity contribution in [3.8, 4) is 0 Å². The third kappa shape index (κ3) is 2.90. The lowest BCUT2D eigenvalue weighted by molar-refractivity contribution is 0.923. The Labute approximate surface area is 119 Å². The average Bonchev–Trinajstić information content (AvgIpc) is 2.37. The quantitative estimate of drug-likeness (QED) is 0.829. The molecule has 0 radical (unpaired) electrons. The first-order valence-corrected chi connectivity index (χ1v) is 6.88. The largest absolute Gasteiger partial charge is 0.339 e. The van der Waals surface area contributed by atoms with Crippen LogP contribution in [0.3, 0.4) is 0 Å². The Bertz CT molecular complexity index is 595. The summed E-state index contributed by atoms with van der Waals surface area (Å²) < 4.78 is 0.571. The monoisotopic (exact) mass is 355 g/mol. The van der Waals surface area contributed by atoms with E-state index in [-0.39, 0.29) is 5.56 Å². The van der Waals surface area contributed by atoms with E-state index in [0.29, 0.717) is 9.39 Å². The van der Waals surface area contributed by atoms with Crippen LogP contribution in [0.5, 0.6) is 0 Å². The molecule has 0 aliphatic heterocycles. The first-order valence-electron chi connectivity index (χ1n) is 5.80. The van der Waals surface area contributed by atoms with Gasteiger partial charge in [-0.25, -0.2) is 4.98 Å². The van der Waals surface area contributed by atoms with Crippen molar-refractivity contribution in [2.24, 2.45) is 0 Å². The van der Waals surface area contributed by atoms with Gasteiger partial charge in [0.2, 0.25) is 0 Å². The highest BCUT2D eigenvalue weighted by Gasteiger charge is 2.07. The van der Waals surface area contributed by atoms with Crippen molar-refractivity contribution in [2.45, 2.75) is 19.8 Å². The number of H-pyrrole nitrogens is 1. The van der Waals surface area contributed by atoms with Crippen molar-refractivity contribution in [3.63, 3.8) is 0 Å². The average molecular weight is 355 g/mol.